The summed E-state index contributed by atoms with van der Waals surface area (Å²) in [5.74, 6) is 1.02. The summed E-state index contributed by atoms with van der Waals surface area (Å²) in [4.78, 5) is 8.59. The van der Waals surface area contributed by atoms with Crippen molar-refractivity contribution in [2.45, 2.75) is 64.1 Å². The minimum absolute atomic E-state index is 0.0630. The Morgan fingerprint density at radius 2 is 1.94 bits per heavy atom. The van der Waals surface area contributed by atoms with Crippen LogP contribution in [0.4, 0.5) is 0 Å². The van der Waals surface area contributed by atoms with Gasteiger partial charge in [0, 0.05) is 17.0 Å². The summed E-state index contributed by atoms with van der Waals surface area (Å²) in [5, 5.41) is 25.3. The van der Waals surface area contributed by atoms with Crippen LogP contribution in [0.25, 0.3) is 16.5 Å². The zero-order valence-electron chi connectivity index (χ0n) is 20.6. The van der Waals surface area contributed by atoms with Gasteiger partial charge in [-0.1, -0.05) is 42.4 Å². The third kappa shape index (κ3) is 4.04. The van der Waals surface area contributed by atoms with Crippen molar-refractivity contribution in [2.75, 3.05) is 14.1 Å². The first kappa shape index (κ1) is 23.4. The molecule has 3 N–H and O–H groups in total. The number of aliphatic hydroxyl groups excluding tert-OH is 2. The topological polar surface area (TPSA) is 78.3 Å². The number of aliphatic hydroxyl groups is 2. The molecular formula is C29H37N3O2. The molecule has 180 valence electrons. The Morgan fingerprint density at radius 1 is 1.12 bits per heavy atom. The fourth-order valence-corrected chi connectivity index (χ4v) is 6.87. The lowest BCUT2D eigenvalue weighted by molar-refractivity contribution is 0.124. The van der Waals surface area contributed by atoms with Crippen molar-refractivity contribution < 1.29 is 10.2 Å². The first-order valence-electron chi connectivity index (χ1n) is 12.7. The molecule has 1 saturated carbocycles. The molecule has 0 bridgehead atoms. The van der Waals surface area contributed by atoms with Gasteiger partial charge in [-0.05, 0) is 93.7 Å². The molecule has 0 amide bonds. The van der Waals surface area contributed by atoms with Crippen molar-refractivity contribution in [1.82, 2.24) is 15.3 Å². The maximum absolute atomic E-state index is 11.3. The minimum Gasteiger partial charge on any atom is -0.393 e. The highest BCUT2D eigenvalue weighted by Gasteiger charge is 2.49. The number of allylic oxidation sites excluding steroid dienone is 3. The highest BCUT2D eigenvalue weighted by molar-refractivity contribution is 5.84. The fraction of sp³-hybridized carbons (Fsp3) is 0.517. The molecular weight excluding hydrogens is 422 g/mol. The first-order valence-corrected chi connectivity index (χ1v) is 12.7. The van der Waals surface area contributed by atoms with Crippen LogP contribution in [0.2, 0.25) is 0 Å². The second kappa shape index (κ2) is 9.37. The number of nitrogens with one attached hydrogen (secondary N) is 1. The molecule has 1 heterocycles. The van der Waals surface area contributed by atoms with Gasteiger partial charge in [-0.15, -0.1) is 0 Å². The quantitative estimate of drug-likeness (QED) is 0.570. The molecule has 4 aliphatic rings. The van der Waals surface area contributed by atoms with Crippen molar-refractivity contribution in [3.63, 3.8) is 0 Å². The first-order chi connectivity index (χ1) is 16.4. The highest BCUT2D eigenvalue weighted by atomic mass is 16.3. The van der Waals surface area contributed by atoms with Crippen LogP contribution in [-0.2, 0) is 0 Å². The summed E-state index contributed by atoms with van der Waals surface area (Å²) < 4.78 is 0. The van der Waals surface area contributed by atoms with Crippen molar-refractivity contribution in [1.29, 1.82) is 0 Å². The SMILES string of the molecule is CC12CC(O)C3=C(CCC4CCC(O)CC4=C3)C1CC=C2c1ccc2cncnc2c1.CNC. The summed E-state index contributed by atoms with van der Waals surface area (Å²) in [5.41, 5.74) is 7.48. The van der Waals surface area contributed by atoms with E-state index in [0.29, 0.717) is 11.8 Å². The lowest BCUT2D eigenvalue weighted by Gasteiger charge is -2.43. The van der Waals surface area contributed by atoms with Gasteiger partial charge in [0.2, 0.25) is 0 Å². The number of hydrogen-bond donors (Lipinski definition) is 3. The molecule has 34 heavy (non-hydrogen) atoms. The average molecular weight is 460 g/mol. The molecule has 5 heteroatoms. The largest absolute Gasteiger partial charge is 0.393 e. The van der Waals surface area contributed by atoms with E-state index in [0.717, 1.165) is 61.4 Å². The number of rotatable bonds is 1. The Labute approximate surface area is 202 Å². The smallest absolute Gasteiger partial charge is 0.116 e. The zero-order valence-corrected chi connectivity index (χ0v) is 20.6. The summed E-state index contributed by atoms with van der Waals surface area (Å²) in [6.45, 7) is 2.35. The van der Waals surface area contributed by atoms with Crippen LogP contribution >= 0.6 is 0 Å². The summed E-state index contributed by atoms with van der Waals surface area (Å²) in [6, 6.07) is 6.47. The second-order valence-electron chi connectivity index (χ2n) is 10.7. The van der Waals surface area contributed by atoms with E-state index < -0.39 is 6.10 Å². The number of nitrogens with zero attached hydrogens (tertiary/aromatic N) is 2. The lowest BCUT2D eigenvalue weighted by Crippen LogP contribution is -2.37. The molecule has 0 saturated heterocycles. The number of benzene rings is 1. The van der Waals surface area contributed by atoms with Crippen LogP contribution in [0.3, 0.4) is 0 Å². The molecule has 1 fully saturated rings. The van der Waals surface area contributed by atoms with Crippen LogP contribution in [-0.4, -0.2) is 46.5 Å². The van der Waals surface area contributed by atoms with Crippen molar-refractivity contribution >= 4 is 16.5 Å². The normalized spacial score (nSPS) is 32.5. The van der Waals surface area contributed by atoms with Gasteiger partial charge < -0.3 is 15.5 Å². The Kier molecular flexibility index (Phi) is 6.45. The molecule has 0 aliphatic heterocycles. The second-order valence-corrected chi connectivity index (χ2v) is 10.7. The van der Waals surface area contributed by atoms with Crippen molar-refractivity contribution in [2.24, 2.45) is 17.3 Å². The van der Waals surface area contributed by atoms with E-state index >= 15 is 0 Å². The molecule has 5 nitrogen and oxygen atoms in total. The molecule has 4 aliphatic carbocycles. The van der Waals surface area contributed by atoms with Gasteiger partial charge in [0.25, 0.3) is 0 Å². The van der Waals surface area contributed by atoms with Crippen LogP contribution < -0.4 is 5.32 Å². The van der Waals surface area contributed by atoms with Gasteiger partial charge in [0.15, 0.2) is 0 Å². The summed E-state index contributed by atoms with van der Waals surface area (Å²) >= 11 is 0. The monoisotopic (exact) mass is 459 g/mol. The Bertz CT molecular complexity index is 1170. The summed E-state index contributed by atoms with van der Waals surface area (Å²) in [6.07, 6.45) is 14.3. The van der Waals surface area contributed by atoms with Crippen LogP contribution in [0.1, 0.15) is 57.4 Å². The average Bonchev–Trinajstić information content (AvgIpc) is 3.04. The maximum Gasteiger partial charge on any atom is 0.116 e. The van der Waals surface area contributed by atoms with E-state index in [-0.39, 0.29) is 11.5 Å². The third-order valence-electron chi connectivity index (χ3n) is 8.48. The van der Waals surface area contributed by atoms with E-state index in [9.17, 15) is 10.2 Å². The van der Waals surface area contributed by atoms with E-state index in [4.69, 9.17) is 0 Å². The van der Waals surface area contributed by atoms with Gasteiger partial charge in [0.1, 0.15) is 6.33 Å². The molecule has 2 aromatic rings. The van der Waals surface area contributed by atoms with E-state index in [1.54, 1.807) is 6.33 Å². The van der Waals surface area contributed by atoms with Crippen molar-refractivity contribution in [3.05, 3.63) is 65.2 Å². The standard InChI is InChI=1S/C27H30N2O2.C2H7N/c1-27-13-26(31)22-11-19-10-20(30)6-4-16(19)5-7-21(22)24(27)9-8-23(27)17-2-3-18-14-28-15-29-25(18)12-17;1-3-2/h2-3,8,11-12,14-16,20,24,26,30-31H,4-7,9-10,13H2,1H3;3H,1-2H3. The van der Waals surface area contributed by atoms with Crippen molar-refractivity contribution in [3.8, 4) is 0 Å². The fourth-order valence-electron chi connectivity index (χ4n) is 6.87. The van der Waals surface area contributed by atoms with E-state index in [1.165, 1.54) is 22.3 Å². The van der Waals surface area contributed by atoms with Gasteiger partial charge in [-0.2, -0.15) is 0 Å². The molecule has 5 atom stereocenters. The summed E-state index contributed by atoms with van der Waals surface area (Å²) in [7, 11) is 3.75. The maximum atomic E-state index is 11.3. The molecule has 5 unspecified atom stereocenters. The number of hydrogen-bond acceptors (Lipinski definition) is 5. The van der Waals surface area contributed by atoms with Gasteiger partial charge in [-0.25, -0.2) is 9.97 Å². The number of fused-ring (bicyclic) bond motifs is 4. The van der Waals surface area contributed by atoms with E-state index in [2.05, 4.69) is 52.6 Å². The number of aromatic nitrogens is 2. The van der Waals surface area contributed by atoms with Crippen LogP contribution in [0.5, 0.6) is 0 Å². The zero-order chi connectivity index (χ0) is 23.9. The van der Waals surface area contributed by atoms with Crippen LogP contribution in [0, 0.1) is 17.3 Å². The third-order valence-corrected chi connectivity index (χ3v) is 8.48. The van der Waals surface area contributed by atoms with Gasteiger partial charge >= 0.3 is 0 Å². The molecule has 0 spiro atoms. The lowest BCUT2D eigenvalue weighted by atomic mass is 9.61. The molecule has 1 aromatic heterocycles. The molecule has 0 radical (unpaired) electrons. The van der Waals surface area contributed by atoms with E-state index in [1.807, 2.05) is 20.3 Å². The Hall–Kier alpha value is -2.34. The van der Waals surface area contributed by atoms with Gasteiger partial charge in [0.05, 0.1) is 17.7 Å². The Morgan fingerprint density at radius 3 is 2.76 bits per heavy atom. The molecule has 1 aromatic carbocycles. The predicted octanol–water partition coefficient (Wildman–Crippen LogP) is 4.82. The Balaban J connectivity index is 0.000000764. The van der Waals surface area contributed by atoms with Gasteiger partial charge in [-0.3, -0.25) is 0 Å². The van der Waals surface area contributed by atoms with Crippen LogP contribution in [0.15, 0.2) is 59.6 Å². The minimum atomic E-state index is -0.439. The predicted molar refractivity (Wildman–Crippen MR) is 137 cm³/mol. The highest BCUT2D eigenvalue weighted by Crippen LogP contribution is 2.59. The molecule has 6 rings (SSSR count).